The van der Waals surface area contributed by atoms with Gasteiger partial charge in [-0.1, -0.05) is 37.3 Å². The molecule has 0 spiro atoms. The van der Waals surface area contributed by atoms with Crippen LogP contribution < -0.4 is 5.32 Å². The molecule has 2 saturated heterocycles. The molecule has 26 heavy (non-hydrogen) atoms. The van der Waals surface area contributed by atoms with Crippen LogP contribution >= 0.6 is 24.8 Å². The van der Waals surface area contributed by atoms with E-state index in [1.165, 1.54) is 5.56 Å². The van der Waals surface area contributed by atoms with Crippen LogP contribution in [0.3, 0.4) is 0 Å². The summed E-state index contributed by atoms with van der Waals surface area (Å²) in [4.78, 5) is 17.8. The van der Waals surface area contributed by atoms with E-state index in [-0.39, 0.29) is 30.7 Å². The Hall–Kier alpha value is -0.810. The van der Waals surface area contributed by atoms with Gasteiger partial charge in [-0.2, -0.15) is 0 Å². The molecule has 1 aromatic rings. The van der Waals surface area contributed by atoms with Gasteiger partial charge in [0.15, 0.2) is 0 Å². The van der Waals surface area contributed by atoms with Crippen molar-refractivity contribution in [2.45, 2.75) is 45.2 Å². The fraction of sp³-hybridized carbons (Fsp3) is 0.650. The van der Waals surface area contributed by atoms with Gasteiger partial charge >= 0.3 is 0 Å². The molecule has 2 fully saturated rings. The maximum absolute atomic E-state index is 13.1. The van der Waals surface area contributed by atoms with Crippen LogP contribution in [0.5, 0.6) is 0 Å². The molecule has 0 bridgehead atoms. The van der Waals surface area contributed by atoms with Crippen LogP contribution in [0.4, 0.5) is 0 Å². The highest BCUT2D eigenvalue weighted by Crippen LogP contribution is 2.23. The summed E-state index contributed by atoms with van der Waals surface area (Å²) < 4.78 is 0. The Bertz CT molecular complexity index is 523. The number of carbonyl (C=O) groups is 1. The molecular weight excluding hydrogens is 369 g/mol. The summed E-state index contributed by atoms with van der Waals surface area (Å²) in [5.41, 5.74) is 1.34. The van der Waals surface area contributed by atoms with E-state index in [2.05, 4.69) is 52.4 Å². The third kappa shape index (κ3) is 6.12. The third-order valence-electron chi connectivity index (χ3n) is 5.33. The number of nitrogens with zero attached hydrogens (tertiary/aromatic N) is 2. The molecule has 4 nitrogen and oxygen atoms in total. The van der Waals surface area contributed by atoms with Gasteiger partial charge in [0.05, 0.1) is 5.92 Å². The second kappa shape index (κ2) is 11.8. The average molecular weight is 402 g/mol. The molecule has 2 atom stereocenters. The van der Waals surface area contributed by atoms with Crippen molar-refractivity contribution in [3.8, 4) is 0 Å². The first-order chi connectivity index (χ1) is 11.8. The van der Waals surface area contributed by atoms with Crippen LogP contribution in [-0.4, -0.2) is 54.5 Å². The summed E-state index contributed by atoms with van der Waals surface area (Å²) in [6, 6.07) is 11.0. The lowest BCUT2D eigenvalue weighted by molar-refractivity contribution is -0.139. The fourth-order valence-corrected chi connectivity index (χ4v) is 4.10. The van der Waals surface area contributed by atoms with Gasteiger partial charge in [0.2, 0.25) is 5.91 Å². The van der Waals surface area contributed by atoms with Gasteiger partial charge in [0.25, 0.3) is 0 Å². The molecule has 0 radical (unpaired) electrons. The maximum atomic E-state index is 13.1. The molecule has 1 N–H and O–H groups in total. The first-order valence-corrected chi connectivity index (χ1v) is 9.55. The minimum atomic E-state index is 0. The smallest absolute Gasteiger partial charge is 0.227 e. The van der Waals surface area contributed by atoms with Crippen LogP contribution in [0.1, 0.15) is 38.2 Å². The first kappa shape index (κ1) is 23.2. The standard InChI is InChI=1S/C20H31N3O.2ClH/c1-2-12-23(19-10-11-21-14-19)20(24)18-9-6-13-22(16-18)15-17-7-4-3-5-8-17;;/h3-5,7-8,18-19,21H,2,6,9-16H2,1H3;2*1H. The van der Waals surface area contributed by atoms with E-state index in [1.807, 2.05) is 0 Å². The highest BCUT2D eigenvalue weighted by atomic mass is 35.5. The van der Waals surface area contributed by atoms with Crippen molar-refractivity contribution in [1.82, 2.24) is 15.1 Å². The van der Waals surface area contributed by atoms with Crippen molar-refractivity contribution in [2.75, 3.05) is 32.7 Å². The number of benzene rings is 1. The quantitative estimate of drug-likeness (QED) is 0.793. The lowest BCUT2D eigenvalue weighted by Crippen LogP contribution is -2.49. The van der Waals surface area contributed by atoms with E-state index in [0.29, 0.717) is 11.9 Å². The van der Waals surface area contributed by atoms with Crippen molar-refractivity contribution < 1.29 is 4.79 Å². The third-order valence-corrected chi connectivity index (χ3v) is 5.33. The summed E-state index contributed by atoms with van der Waals surface area (Å²) in [6.07, 6.45) is 4.32. The Labute approximate surface area is 170 Å². The number of carbonyl (C=O) groups excluding carboxylic acids is 1. The molecule has 0 aliphatic carbocycles. The van der Waals surface area contributed by atoms with Crippen LogP contribution in [0.2, 0.25) is 0 Å². The summed E-state index contributed by atoms with van der Waals surface area (Å²) in [6.45, 7) is 8.07. The van der Waals surface area contributed by atoms with Crippen molar-refractivity contribution >= 4 is 30.7 Å². The van der Waals surface area contributed by atoms with Crippen LogP contribution in [-0.2, 0) is 11.3 Å². The number of amides is 1. The summed E-state index contributed by atoms with van der Waals surface area (Å²) in [7, 11) is 0. The highest BCUT2D eigenvalue weighted by Gasteiger charge is 2.33. The molecule has 0 aromatic heterocycles. The van der Waals surface area contributed by atoms with E-state index in [0.717, 1.165) is 65.0 Å². The predicted molar refractivity (Wildman–Crippen MR) is 112 cm³/mol. The molecule has 3 rings (SSSR count). The minimum absolute atomic E-state index is 0. The van der Waals surface area contributed by atoms with Crippen LogP contribution in [0.15, 0.2) is 30.3 Å². The second-order valence-electron chi connectivity index (χ2n) is 7.24. The number of rotatable bonds is 6. The zero-order chi connectivity index (χ0) is 16.8. The zero-order valence-corrected chi connectivity index (χ0v) is 17.4. The van der Waals surface area contributed by atoms with Crippen molar-refractivity contribution in [3.63, 3.8) is 0 Å². The molecule has 148 valence electrons. The SMILES string of the molecule is CCCN(C(=O)C1CCCN(Cc2ccccc2)C1)C1CCNC1.Cl.Cl. The van der Waals surface area contributed by atoms with E-state index in [4.69, 9.17) is 0 Å². The van der Waals surface area contributed by atoms with Gasteiger partial charge in [-0.15, -0.1) is 24.8 Å². The predicted octanol–water partition coefficient (Wildman–Crippen LogP) is 3.34. The van der Waals surface area contributed by atoms with Gasteiger partial charge in [-0.05, 0) is 44.3 Å². The van der Waals surface area contributed by atoms with Gasteiger partial charge in [0, 0.05) is 32.2 Å². The average Bonchev–Trinajstić information content (AvgIpc) is 3.14. The molecule has 2 aliphatic rings. The Kier molecular flexibility index (Phi) is 10.6. The highest BCUT2D eigenvalue weighted by molar-refractivity contribution is 5.85. The normalized spacial score (nSPS) is 23.0. The second-order valence-corrected chi connectivity index (χ2v) is 7.24. The van der Waals surface area contributed by atoms with E-state index in [1.54, 1.807) is 0 Å². The number of hydrogen-bond donors (Lipinski definition) is 1. The summed E-state index contributed by atoms with van der Waals surface area (Å²) in [5, 5.41) is 3.41. The largest absolute Gasteiger partial charge is 0.338 e. The number of hydrogen-bond acceptors (Lipinski definition) is 3. The molecule has 0 saturated carbocycles. The number of likely N-dealkylation sites (tertiary alicyclic amines) is 1. The Morgan fingerprint density at radius 3 is 2.65 bits per heavy atom. The van der Waals surface area contributed by atoms with Crippen LogP contribution in [0, 0.1) is 5.92 Å². The van der Waals surface area contributed by atoms with Gasteiger partial charge < -0.3 is 10.2 Å². The Morgan fingerprint density at radius 2 is 2.00 bits per heavy atom. The summed E-state index contributed by atoms with van der Waals surface area (Å²) in [5.74, 6) is 0.568. The van der Waals surface area contributed by atoms with E-state index < -0.39 is 0 Å². The molecule has 2 unspecified atom stereocenters. The fourth-order valence-electron chi connectivity index (χ4n) is 4.10. The molecule has 2 heterocycles. The minimum Gasteiger partial charge on any atom is -0.338 e. The summed E-state index contributed by atoms with van der Waals surface area (Å²) >= 11 is 0. The van der Waals surface area contributed by atoms with E-state index in [9.17, 15) is 4.79 Å². The molecule has 2 aliphatic heterocycles. The monoisotopic (exact) mass is 401 g/mol. The Morgan fingerprint density at radius 1 is 1.23 bits per heavy atom. The molecule has 1 aromatic carbocycles. The molecule has 1 amide bonds. The van der Waals surface area contributed by atoms with Gasteiger partial charge in [-0.25, -0.2) is 0 Å². The number of piperidine rings is 1. The van der Waals surface area contributed by atoms with Gasteiger partial charge in [0.1, 0.15) is 0 Å². The van der Waals surface area contributed by atoms with Gasteiger partial charge in [-0.3, -0.25) is 9.69 Å². The maximum Gasteiger partial charge on any atom is 0.227 e. The number of nitrogens with one attached hydrogen (secondary N) is 1. The molecule has 6 heteroatoms. The van der Waals surface area contributed by atoms with Crippen molar-refractivity contribution in [2.24, 2.45) is 5.92 Å². The topological polar surface area (TPSA) is 35.6 Å². The first-order valence-electron chi connectivity index (χ1n) is 9.55. The van der Waals surface area contributed by atoms with Crippen LogP contribution in [0.25, 0.3) is 0 Å². The zero-order valence-electron chi connectivity index (χ0n) is 15.7. The number of halogens is 2. The Balaban J connectivity index is 0.00000169. The van der Waals surface area contributed by atoms with E-state index >= 15 is 0 Å². The van der Waals surface area contributed by atoms with Crippen molar-refractivity contribution in [3.05, 3.63) is 35.9 Å². The van der Waals surface area contributed by atoms with Crippen molar-refractivity contribution in [1.29, 1.82) is 0 Å². The molecular formula is C20H33Cl2N3O. The lowest BCUT2D eigenvalue weighted by Gasteiger charge is -2.37. The lowest BCUT2D eigenvalue weighted by atomic mass is 9.95.